The van der Waals surface area contributed by atoms with Crippen LogP contribution in [0.25, 0.3) is 0 Å². The molecular weight excluding hydrogens is 257 g/mol. The van der Waals surface area contributed by atoms with Gasteiger partial charge >= 0.3 is 0 Å². The second-order valence-corrected chi connectivity index (χ2v) is 4.86. The number of hydrogen-bond donors (Lipinski definition) is 0. The van der Waals surface area contributed by atoms with Crippen molar-refractivity contribution in [1.29, 1.82) is 0 Å². The van der Waals surface area contributed by atoms with E-state index in [0.29, 0.717) is 11.6 Å². The third-order valence-electron chi connectivity index (χ3n) is 2.98. The van der Waals surface area contributed by atoms with Crippen LogP contribution in [-0.2, 0) is 11.2 Å². The van der Waals surface area contributed by atoms with Crippen molar-refractivity contribution >= 4 is 29.1 Å². The Morgan fingerprint density at radius 3 is 2.41 bits per heavy atom. The van der Waals surface area contributed by atoms with E-state index in [1.807, 2.05) is 37.3 Å². The molecule has 1 unspecified atom stereocenters. The highest BCUT2D eigenvalue weighted by Crippen LogP contribution is 2.30. The van der Waals surface area contributed by atoms with E-state index in [1.54, 1.807) is 4.90 Å². The molecule has 1 atom stereocenters. The fourth-order valence-corrected chi connectivity index (χ4v) is 2.38. The maximum absolute atomic E-state index is 11.8. The summed E-state index contributed by atoms with van der Waals surface area (Å²) in [5.74, 6) is -0.167. The molecule has 1 heterocycles. The molecule has 0 radical (unpaired) electrons. The predicted molar refractivity (Wildman–Crippen MR) is 70.1 cm³/mol. The highest BCUT2D eigenvalue weighted by Gasteiger charge is 2.34. The smallest absolute Gasteiger partial charge is 0.267 e. The first-order valence-corrected chi connectivity index (χ1v) is 6.27. The number of rotatable bonds is 3. The zero-order valence-electron chi connectivity index (χ0n) is 9.49. The zero-order valence-corrected chi connectivity index (χ0v) is 11.0. The van der Waals surface area contributed by atoms with Crippen LogP contribution in [-0.4, -0.2) is 23.4 Å². The van der Waals surface area contributed by atoms with Crippen molar-refractivity contribution in [3.05, 3.63) is 46.0 Å². The standard InChI is InChI=1S/C13H13Cl2NO/c1-9-11(14)12(15)13(17)16(9)8-7-10-5-3-2-4-6-10/h2-6,9H,7-8H2,1H3. The molecule has 0 saturated carbocycles. The molecule has 0 N–H and O–H groups in total. The fourth-order valence-electron chi connectivity index (χ4n) is 1.91. The Bertz CT molecular complexity index is 456. The molecule has 0 aliphatic carbocycles. The Balaban J connectivity index is 2.00. The van der Waals surface area contributed by atoms with E-state index >= 15 is 0 Å². The minimum Gasteiger partial charge on any atom is -0.330 e. The molecule has 0 bridgehead atoms. The number of halogens is 2. The van der Waals surface area contributed by atoms with Crippen LogP contribution in [0.1, 0.15) is 12.5 Å². The minimum atomic E-state index is -0.167. The molecule has 2 nitrogen and oxygen atoms in total. The number of carbonyl (C=O) groups is 1. The highest BCUT2D eigenvalue weighted by molar-refractivity contribution is 6.49. The Morgan fingerprint density at radius 1 is 1.24 bits per heavy atom. The van der Waals surface area contributed by atoms with Crippen LogP contribution >= 0.6 is 23.2 Å². The summed E-state index contributed by atoms with van der Waals surface area (Å²) in [5, 5.41) is 0.608. The van der Waals surface area contributed by atoms with Gasteiger partial charge in [-0.05, 0) is 18.9 Å². The topological polar surface area (TPSA) is 20.3 Å². The zero-order chi connectivity index (χ0) is 12.4. The fraction of sp³-hybridized carbons (Fsp3) is 0.308. The van der Waals surface area contributed by atoms with Gasteiger partial charge in [0.2, 0.25) is 0 Å². The third kappa shape index (κ3) is 2.48. The van der Waals surface area contributed by atoms with Crippen LogP contribution in [0.2, 0.25) is 0 Å². The monoisotopic (exact) mass is 269 g/mol. The van der Waals surface area contributed by atoms with E-state index in [9.17, 15) is 4.79 Å². The first kappa shape index (κ1) is 12.5. The predicted octanol–water partition coefficient (Wildman–Crippen LogP) is 3.15. The van der Waals surface area contributed by atoms with Gasteiger partial charge in [-0.1, -0.05) is 53.5 Å². The summed E-state index contributed by atoms with van der Waals surface area (Å²) in [6, 6.07) is 9.93. The average Bonchev–Trinajstić information content (AvgIpc) is 2.54. The van der Waals surface area contributed by atoms with E-state index in [-0.39, 0.29) is 17.0 Å². The maximum Gasteiger partial charge on any atom is 0.267 e. The van der Waals surface area contributed by atoms with Crippen molar-refractivity contribution in [3.63, 3.8) is 0 Å². The van der Waals surface area contributed by atoms with E-state index < -0.39 is 0 Å². The van der Waals surface area contributed by atoms with Gasteiger partial charge in [0.1, 0.15) is 5.03 Å². The molecular formula is C13H13Cl2NO. The summed E-state index contributed by atoms with van der Waals surface area (Å²) in [5.41, 5.74) is 1.20. The van der Waals surface area contributed by atoms with Crippen molar-refractivity contribution in [2.45, 2.75) is 19.4 Å². The number of nitrogens with zero attached hydrogens (tertiary/aromatic N) is 1. The molecule has 1 amide bonds. The van der Waals surface area contributed by atoms with Gasteiger partial charge in [0, 0.05) is 6.54 Å². The summed E-state index contributed by atoms with van der Waals surface area (Å²) in [6.45, 7) is 2.52. The lowest BCUT2D eigenvalue weighted by molar-refractivity contribution is -0.126. The molecule has 2 rings (SSSR count). The van der Waals surface area contributed by atoms with E-state index in [0.717, 1.165) is 6.42 Å². The van der Waals surface area contributed by atoms with Crippen molar-refractivity contribution in [1.82, 2.24) is 4.90 Å². The quantitative estimate of drug-likeness (QED) is 0.826. The third-order valence-corrected chi connectivity index (χ3v) is 3.94. The highest BCUT2D eigenvalue weighted by atomic mass is 35.5. The summed E-state index contributed by atoms with van der Waals surface area (Å²) in [7, 11) is 0. The van der Waals surface area contributed by atoms with Crippen LogP contribution in [0.5, 0.6) is 0 Å². The largest absolute Gasteiger partial charge is 0.330 e. The van der Waals surface area contributed by atoms with Crippen molar-refractivity contribution < 1.29 is 4.79 Å². The van der Waals surface area contributed by atoms with E-state index in [1.165, 1.54) is 5.56 Å². The van der Waals surface area contributed by atoms with Crippen molar-refractivity contribution in [2.75, 3.05) is 6.54 Å². The number of hydrogen-bond acceptors (Lipinski definition) is 1. The van der Waals surface area contributed by atoms with Gasteiger partial charge < -0.3 is 4.90 Å². The summed E-state index contributed by atoms with van der Waals surface area (Å²) in [4.78, 5) is 13.5. The molecule has 1 aromatic carbocycles. The van der Waals surface area contributed by atoms with Crippen LogP contribution in [0, 0.1) is 0 Å². The van der Waals surface area contributed by atoms with Crippen LogP contribution < -0.4 is 0 Å². The van der Waals surface area contributed by atoms with Gasteiger partial charge in [0.15, 0.2) is 0 Å². The first-order chi connectivity index (χ1) is 8.11. The molecule has 90 valence electrons. The minimum absolute atomic E-state index is 0.111. The molecule has 0 aromatic heterocycles. The van der Waals surface area contributed by atoms with Gasteiger partial charge in [-0.2, -0.15) is 0 Å². The molecule has 17 heavy (non-hydrogen) atoms. The van der Waals surface area contributed by atoms with E-state index in [2.05, 4.69) is 0 Å². The second-order valence-electron chi connectivity index (χ2n) is 4.07. The van der Waals surface area contributed by atoms with Crippen LogP contribution in [0.15, 0.2) is 40.4 Å². The molecule has 0 fully saturated rings. The van der Waals surface area contributed by atoms with Gasteiger partial charge in [0.05, 0.1) is 11.1 Å². The van der Waals surface area contributed by atoms with Gasteiger partial charge in [-0.15, -0.1) is 0 Å². The van der Waals surface area contributed by atoms with Gasteiger partial charge in [-0.3, -0.25) is 4.79 Å². The second kappa shape index (κ2) is 5.11. The Labute approximate surface area is 111 Å². The van der Waals surface area contributed by atoms with Crippen molar-refractivity contribution in [2.24, 2.45) is 0 Å². The van der Waals surface area contributed by atoms with E-state index in [4.69, 9.17) is 23.2 Å². The number of carbonyl (C=O) groups excluding carboxylic acids is 1. The summed E-state index contributed by atoms with van der Waals surface area (Å²) < 4.78 is 0. The molecule has 1 aromatic rings. The average molecular weight is 270 g/mol. The molecule has 4 heteroatoms. The SMILES string of the molecule is CC1C(Cl)=C(Cl)C(=O)N1CCc1ccccc1. The normalized spacial score (nSPS) is 20.3. The Morgan fingerprint density at radius 2 is 1.88 bits per heavy atom. The maximum atomic E-state index is 11.8. The molecule has 1 aliphatic rings. The van der Waals surface area contributed by atoms with Gasteiger partial charge in [-0.25, -0.2) is 0 Å². The van der Waals surface area contributed by atoms with Crippen LogP contribution in [0.4, 0.5) is 0 Å². The molecule has 0 saturated heterocycles. The molecule has 1 aliphatic heterocycles. The van der Waals surface area contributed by atoms with Gasteiger partial charge in [0.25, 0.3) is 5.91 Å². The number of benzene rings is 1. The van der Waals surface area contributed by atoms with Crippen LogP contribution in [0.3, 0.4) is 0 Å². The lowest BCUT2D eigenvalue weighted by Gasteiger charge is -2.22. The molecule has 0 spiro atoms. The Kier molecular flexibility index (Phi) is 3.75. The lowest BCUT2D eigenvalue weighted by atomic mass is 10.1. The first-order valence-electron chi connectivity index (χ1n) is 5.51. The van der Waals surface area contributed by atoms with Crippen molar-refractivity contribution in [3.8, 4) is 0 Å². The summed E-state index contributed by atoms with van der Waals surface area (Å²) >= 11 is 11.8. The Hall–Kier alpha value is -0.990. The lowest BCUT2D eigenvalue weighted by Crippen LogP contribution is -2.34. The number of amides is 1. The summed E-state index contributed by atoms with van der Waals surface area (Å²) in [6.07, 6.45) is 0.811.